The van der Waals surface area contributed by atoms with Crippen LogP contribution in [0.4, 0.5) is 16.2 Å². The van der Waals surface area contributed by atoms with E-state index in [1.807, 2.05) is 32.9 Å². The summed E-state index contributed by atoms with van der Waals surface area (Å²) in [5.74, 6) is 2.33. The number of hydrogen-bond donors (Lipinski definition) is 2. The number of rotatable bonds is 8. The molecule has 2 amide bonds. The van der Waals surface area contributed by atoms with E-state index in [2.05, 4.69) is 20.8 Å². The van der Waals surface area contributed by atoms with E-state index in [1.165, 1.54) is 0 Å². The van der Waals surface area contributed by atoms with Crippen LogP contribution < -0.4 is 20.1 Å². The summed E-state index contributed by atoms with van der Waals surface area (Å²) in [5.41, 5.74) is 1.97. The third-order valence-corrected chi connectivity index (χ3v) is 3.98. The third-order valence-electron chi connectivity index (χ3n) is 3.98. The number of nitrogens with zero attached hydrogens (tertiary/aromatic N) is 2. The molecule has 152 valence electrons. The van der Waals surface area contributed by atoms with Crippen molar-refractivity contribution in [3.63, 3.8) is 0 Å². The first kappa shape index (κ1) is 20.2. The van der Waals surface area contributed by atoms with Crippen LogP contribution in [0.3, 0.4) is 0 Å². The van der Waals surface area contributed by atoms with E-state index in [0.29, 0.717) is 54.2 Å². The molecule has 0 atom stereocenters. The number of nitrogens with one attached hydrogen (secondary N) is 2. The summed E-state index contributed by atoms with van der Waals surface area (Å²) in [6.07, 6.45) is 0.682. The third kappa shape index (κ3) is 5.25. The van der Waals surface area contributed by atoms with Crippen molar-refractivity contribution in [3.8, 4) is 22.9 Å². The topological polar surface area (TPSA) is 98.5 Å². The van der Waals surface area contributed by atoms with Gasteiger partial charge >= 0.3 is 6.03 Å². The van der Waals surface area contributed by atoms with Crippen molar-refractivity contribution in [1.29, 1.82) is 0 Å². The van der Waals surface area contributed by atoms with Gasteiger partial charge in [0.15, 0.2) is 0 Å². The molecule has 29 heavy (non-hydrogen) atoms. The Morgan fingerprint density at radius 3 is 2.41 bits per heavy atom. The van der Waals surface area contributed by atoms with Crippen molar-refractivity contribution >= 4 is 17.4 Å². The molecule has 8 heteroatoms. The Hall–Kier alpha value is -3.55. The van der Waals surface area contributed by atoms with Gasteiger partial charge in [-0.2, -0.15) is 4.98 Å². The zero-order chi connectivity index (χ0) is 20.6. The van der Waals surface area contributed by atoms with Crippen LogP contribution in [0.1, 0.15) is 26.7 Å². The maximum Gasteiger partial charge on any atom is 0.323 e. The molecular weight excluding hydrogens is 372 g/mol. The second-order valence-corrected chi connectivity index (χ2v) is 6.05. The van der Waals surface area contributed by atoms with Gasteiger partial charge in [0, 0.05) is 23.7 Å². The van der Waals surface area contributed by atoms with Gasteiger partial charge in [-0.25, -0.2) is 4.79 Å². The van der Waals surface area contributed by atoms with Crippen LogP contribution in [0.15, 0.2) is 47.0 Å². The number of ether oxygens (including phenoxy) is 2. The van der Waals surface area contributed by atoms with E-state index < -0.39 is 0 Å². The summed E-state index contributed by atoms with van der Waals surface area (Å²) < 4.78 is 16.2. The van der Waals surface area contributed by atoms with Crippen LogP contribution in [0.25, 0.3) is 11.4 Å². The molecule has 8 nitrogen and oxygen atoms in total. The number of hydrogen-bond acceptors (Lipinski definition) is 6. The van der Waals surface area contributed by atoms with Crippen molar-refractivity contribution in [2.24, 2.45) is 0 Å². The Morgan fingerprint density at radius 2 is 1.76 bits per heavy atom. The molecule has 0 aliphatic rings. The Kier molecular flexibility index (Phi) is 6.67. The number of aryl methyl sites for hydroxylation is 1. The molecule has 0 fully saturated rings. The molecule has 0 aliphatic carbocycles. The van der Waals surface area contributed by atoms with Crippen LogP contribution in [0.5, 0.6) is 11.5 Å². The minimum absolute atomic E-state index is 0.389. The molecule has 0 unspecified atom stereocenters. The molecule has 3 rings (SSSR count). The van der Waals surface area contributed by atoms with Gasteiger partial charge in [-0.3, -0.25) is 0 Å². The molecule has 0 saturated heterocycles. The predicted molar refractivity (Wildman–Crippen MR) is 111 cm³/mol. The Labute approximate surface area is 169 Å². The Bertz CT molecular complexity index is 954. The lowest BCUT2D eigenvalue weighted by Gasteiger charge is -2.14. The molecule has 0 saturated carbocycles. The van der Waals surface area contributed by atoms with E-state index in [9.17, 15) is 4.79 Å². The predicted octanol–water partition coefficient (Wildman–Crippen LogP) is 4.74. The smallest absolute Gasteiger partial charge is 0.323 e. The van der Waals surface area contributed by atoms with Crippen molar-refractivity contribution in [3.05, 3.63) is 48.4 Å². The maximum atomic E-state index is 12.4. The summed E-state index contributed by atoms with van der Waals surface area (Å²) >= 11 is 0. The fourth-order valence-corrected chi connectivity index (χ4v) is 2.65. The Morgan fingerprint density at radius 1 is 1.00 bits per heavy atom. The standard InChI is InChI=1S/C21H24N4O4/c1-4-19-24-20(25-29-19)14-7-9-15(10-8-14)22-21(26)23-17-13-16(27-5-2)11-12-18(17)28-6-3/h7-13H,4-6H2,1-3H3,(H2,22,23,26). The molecule has 0 spiro atoms. The SMILES string of the molecule is CCOc1ccc(OCC)c(NC(=O)Nc2ccc(-c3noc(CC)n3)cc2)c1. The first-order chi connectivity index (χ1) is 14.1. The fourth-order valence-electron chi connectivity index (χ4n) is 2.65. The molecular formula is C21H24N4O4. The van der Waals surface area contributed by atoms with Crippen LogP contribution in [-0.4, -0.2) is 29.4 Å². The number of carbonyl (C=O) groups excluding carboxylic acids is 1. The van der Waals surface area contributed by atoms with E-state index in [1.54, 1.807) is 30.3 Å². The number of amides is 2. The highest BCUT2D eigenvalue weighted by atomic mass is 16.5. The summed E-state index contributed by atoms with van der Waals surface area (Å²) in [4.78, 5) is 16.7. The van der Waals surface area contributed by atoms with Crippen LogP contribution in [0, 0.1) is 0 Å². The monoisotopic (exact) mass is 396 g/mol. The second kappa shape index (κ2) is 9.59. The Balaban J connectivity index is 1.68. The minimum atomic E-state index is -0.389. The van der Waals surface area contributed by atoms with Gasteiger partial charge in [0.25, 0.3) is 0 Å². The van der Waals surface area contributed by atoms with Crippen molar-refractivity contribution < 1.29 is 18.8 Å². The molecule has 0 aliphatic heterocycles. The average Bonchev–Trinajstić information content (AvgIpc) is 3.20. The van der Waals surface area contributed by atoms with Gasteiger partial charge in [0.2, 0.25) is 11.7 Å². The van der Waals surface area contributed by atoms with Gasteiger partial charge in [-0.1, -0.05) is 12.1 Å². The van der Waals surface area contributed by atoms with Crippen LogP contribution in [-0.2, 0) is 6.42 Å². The van der Waals surface area contributed by atoms with Gasteiger partial charge in [-0.15, -0.1) is 0 Å². The molecule has 1 heterocycles. The fraction of sp³-hybridized carbons (Fsp3) is 0.286. The second-order valence-electron chi connectivity index (χ2n) is 6.05. The van der Waals surface area contributed by atoms with Gasteiger partial charge < -0.3 is 24.6 Å². The quantitative estimate of drug-likeness (QED) is 0.571. The van der Waals surface area contributed by atoms with Crippen LogP contribution in [0.2, 0.25) is 0 Å². The number of urea groups is 1. The summed E-state index contributed by atoms with van der Waals surface area (Å²) in [6.45, 7) is 6.75. The van der Waals surface area contributed by atoms with E-state index in [0.717, 1.165) is 5.56 Å². The van der Waals surface area contributed by atoms with Gasteiger partial charge in [0.05, 0.1) is 18.9 Å². The molecule has 0 bridgehead atoms. The lowest BCUT2D eigenvalue weighted by molar-refractivity contribution is 0.262. The molecule has 2 aromatic carbocycles. The van der Waals surface area contributed by atoms with Crippen LogP contribution >= 0.6 is 0 Å². The van der Waals surface area contributed by atoms with Crippen molar-refractivity contribution in [2.45, 2.75) is 27.2 Å². The first-order valence-electron chi connectivity index (χ1n) is 9.53. The van der Waals surface area contributed by atoms with E-state index in [4.69, 9.17) is 14.0 Å². The highest BCUT2D eigenvalue weighted by molar-refractivity contribution is 6.00. The lowest BCUT2D eigenvalue weighted by Crippen LogP contribution is -2.20. The normalized spacial score (nSPS) is 10.4. The maximum absolute atomic E-state index is 12.4. The minimum Gasteiger partial charge on any atom is -0.494 e. The average molecular weight is 396 g/mol. The highest BCUT2D eigenvalue weighted by Crippen LogP contribution is 2.29. The highest BCUT2D eigenvalue weighted by Gasteiger charge is 2.11. The zero-order valence-corrected chi connectivity index (χ0v) is 16.7. The van der Waals surface area contributed by atoms with Gasteiger partial charge in [0.1, 0.15) is 11.5 Å². The van der Waals surface area contributed by atoms with Crippen molar-refractivity contribution in [1.82, 2.24) is 10.1 Å². The molecule has 2 N–H and O–H groups in total. The summed E-state index contributed by atoms with van der Waals surface area (Å²) in [6, 6.07) is 12.1. The summed E-state index contributed by atoms with van der Waals surface area (Å²) in [5, 5.41) is 9.54. The van der Waals surface area contributed by atoms with Crippen molar-refractivity contribution in [2.75, 3.05) is 23.8 Å². The van der Waals surface area contributed by atoms with E-state index in [-0.39, 0.29) is 6.03 Å². The summed E-state index contributed by atoms with van der Waals surface area (Å²) in [7, 11) is 0. The molecule has 1 aromatic heterocycles. The molecule has 0 radical (unpaired) electrons. The van der Waals surface area contributed by atoms with E-state index >= 15 is 0 Å². The zero-order valence-electron chi connectivity index (χ0n) is 16.7. The number of aromatic nitrogens is 2. The number of carbonyl (C=O) groups is 1. The molecule has 3 aromatic rings. The first-order valence-corrected chi connectivity index (χ1v) is 9.53. The largest absolute Gasteiger partial charge is 0.494 e. The van der Waals surface area contributed by atoms with Gasteiger partial charge in [-0.05, 0) is 50.2 Å². The lowest BCUT2D eigenvalue weighted by atomic mass is 10.2. The number of benzene rings is 2. The number of anilines is 2.